The van der Waals surface area contributed by atoms with Gasteiger partial charge in [-0.25, -0.2) is 9.79 Å². The van der Waals surface area contributed by atoms with Crippen molar-refractivity contribution in [2.45, 2.75) is 6.42 Å². The molecular formula is C6H8N2OS. The lowest BCUT2D eigenvalue weighted by atomic mass is 10.6. The van der Waals surface area contributed by atoms with Gasteiger partial charge in [-0.15, -0.1) is 0 Å². The fourth-order valence-corrected chi connectivity index (χ4v) is 1.04. The molecule has 0 aliphatic rings. The maximum atomic E-state index is 9.54. The summed E-state index contributed by atoms with van der Waals surface area (Å²) in [4.78, 5) is 12.9. The highest BCUT2D eigenvalue weighted by Crippen LogP contribution is 2.00. The zero-order valence-corrected chi connectivity index (χ0v) is 6.36. The molecule has 10 heavy (non-hydrogen) atoms. The lowest BCUT2D eigenvalue weighted by Crippen LogP contribution is -1.85. The Morgan fingerprint density at radius 1 is 1.50 bits per heavy atom. The van der Waals surface area contributed by atoms with Crippen molar-refractivity contribution >= 4 is 17.8 Å². The zero-order valence-electron chi connectivity index (χ0n) is 5.54. The summed E-state index contributed by atoms with van der Waals surface area (Å²) in [6.07, 6.45) is 2.02. The second kappa shape index (κ2) is 8.22. The highest BCUT2D eigenvalue weighted by molar-refractivity contribution is 7.99. The lowest BCUT2D eigenvalue weighted by Gasteiger charge is -1.90. The van der Waals surface area contributed by atoms with Crippen molar-refractivity contribution in [2.75, 3.05) is 18.1 Å². The molecule has 0 fully saturated rings. The summed E-state index contributed by atoms with van der Waals surface area (Å²) >= 11 is 1.62. The van der Waals surface area contributed by atoms with E-state index in [9.17, 15) is 4.79 Å². The number of rotatable bonds is 5. The summed E-state index contributed by atoms with van der Waals surface area (Å²) in [6, 6.07) is 2.03. The number of isocyanates is 1. The third kappa shape index (κ3) is 7.22. The SMILES string of the molecule is N#CCCSCCN=C=O. The minimum atomic E-state index is 0.513. The second-order valence-corrected chi connectivity index (χ2v) is 2.72. The molecule has 0 aliphatic carbocycles. The average molecular weight is 156 g/mol. The molecule has 0 heterocycles. The Kier molecular flexibility index (Phi) is 7.58. The monoisotopic (exact) mass is 156 g/mol. The molecule has 0 radical (unpaired) electrons. The van der Waals surface area contributed by atoms with Crippen LogP contribution in [0.1, 0.15) is 6.42 Å². The van der Waals surface area contributed by atoms with Crippen LogP contribution in [0.25, 0.3) is 0 Å². The quantitative estimate of drug-likeness (QED) is 0.338. The van der Waals surface area contributed by atoms with Gasteiger partial charge in [0, 0.05) is 17.9 Å². The van der Waals surface area contributed by atoms with E-state index >= 15 is 0 Å². The minimum absolute atomic E-state index is 0.513. The Hall–Kier alpha value is -0.780. The molecule has 0 saturated heterocycles. The Balaban J connectivity index is 2.92. The number of hydrogen-bond acceptors (Lipinski definition) is 4. The molecular weight excluding hydrogens is 148 g/mol. The summed E-state index contributed by atoms with van der Waals surface area (Å²) < 4.78 is 0. The van der Waals surface area contributed by atoms with Crippen molar-refractivity contribution in [1.29, 1.82) is 5.26 Å². The van der Waals surface area contributed by atoms with E-state index in [4.69, 9.17) is 5.26 Å². The first-order chi connectivity index (χ1) is 4.91. The Morgan fingerprint density at radius 3 is 2.90 bits per heavy atom. The van der Waals surface area contributed by atoms with E-state index in [0.29, 0.717) is 13.0 Å². The smallest absolute Gasteiger partial charge is 0.211 e. The summed E-state index contributed by atoms with van der Waals surface area (Å²) in [5.41, 5.74) is 0. The Morgan fingerprint density at radius 2 is 2.30 bits per heavy atom. The van der Waals surface area contributed by atoms with Crippen molar-refractivity contribution in [3.05, 3.63) is 0 Å². The maximum absolute atomic E-state index is 9.54. The van der Waals surface area contributed by atoms with Crippen LogP contribution in [0.5, 0.6) is 0 Å². The van der Waals surface area contributed by atoms with E-state index in [2.05, 4.69) is 4.99 Å². The number of carbonyl (C=O) groups excluding carboxylic acids is 1. The van der Waals surface area contributed by atoms with Crippen LogP contribution >= 0.6 is 11.8 Å². The fraction of sp³-hybridized carbons (Fsp3) is 0.667. The van der Waals surface area contributed by atoms with Crippen LogP contribution in [0.15, 0.2) is 4.99 Å². The predicted octanol–water partition coefficient (Wildman–Crippen LogP) is 0.969. The van der Waals surface area contributed by atoms with Crippen LogP contribution in [0, 0.1) is 11.3 Å². The van der Waals surface area contributed by atoms with Gasteiger partial charge in [-0.05, 0) is 0 Å². The number of thioether (sulfide) groups is 1. The van der Waals surface area contributed by atoms with Crippen molar-refractivity contribution in [2.24, 2.45) is 4.99 Å². The Bertz CT molecular complexity index is 158. The van der Waals surface area contributed by atoms with Gasteiger partial charge >= 0.3 is 0 Å². The van der Waals surface area contributed by atoms with E-state index in [1.165, 1.54) is 6.08 Å². The molecule has 0 N–H and O–H groups in total. The van der Waals surface area contributed by atoms with Crippen molar-refractivity contribution in [3.63, 3.8) is 0 Å². The lowest BCUT2D eigenvalue weighted by molar-refractivity contribution is 0.563. The normalized spacial score (nSPS) is 7.90. The highest BCUT2D eigenvalue weighted by Gasteiger charge is 1.85. The van der Waals surface area contributed by atoms with Gasteiger partial charge in [-0.3, -0.25) is 0 Å². The first-order valence-corrected chi connectivity index (χ1v) is 4.05. The second-order valence-electron chi connectivity index (χ2n) is 1.49. The molecule has 0 aliphatic heterocycles. The maximum Gasteiger partial charge on any atom is 0.234 e. The number of aliphatic imine (C=N–C) groups is 1. The third-order valence-electron chi connectivity index (χ3n) is 0.770. The van der Waals surface area contributed by atoms with Gasteiger partial charge in [0.25, 0.3) is 0 Å². The first kappa shape index (κ1) is 9.22. The highest BCUT2D eigenvalue weighted by atomic mass is 32.2. The zero-order chi connectivity index (χ0) is 7.66. The van der Waals surface area contributed by atoms with Gasteiger partial charge in [-0.2, -0.15) is 17.0 Å². The van der Waals surface area contributed by atoms with E-state index in [1.54, 1.807) is 11.8 Å². The fourth-order valence-electron chi connectivity index (χ4n) is 0.376. The van der Waals surface area contributed by atoms with Gasteiger partial charge in [-0.1, -0.05) is 0 Å². The Labute approximate surface area is 64.1 Å². The van der Waals surface area contributed by atoms with Crippen LogP contribution in [0.2, 0.25) is 0 Å². The van der Waals surface area contributed by atoms with Gasteiger partial charge in [0.05, 0.1) is 12.6 Å². The van der Waals surface area contributed by atoms with Crippen LogP contribution in [0.3, 0.4) is 0 Å². The van der Waals surface area contributed by atoms with Crippen LogP contribution in [-0.4, -0.2) is 24.1 Å². The van der Waals surface area contributed by atoms with Crippen molar-refractivity contribution in [1.82, 2.24) is 0 Å². The minimum Gasteiger partial charge on any atom is -0.211 e. The number of nitrogens with zero attached hydrogens (tertiary/aromatic N) is 2. The van der Waals surface area contributed by atoms with Crippen LogP contribution in [-0.2, 0) is 4.79 Å². The summed E-state index contributed by atoms with van der Waals surface area (Å²) in [5.74, 6) is 1.63. The largest absolute Gasteiger partial charge is 0.234 e. The topological polar surface area (TPSA) is 53.2 Å². The molecule has 0 unspecified atom stereocenters. The molecule has 4 heteroatoms. The standard InChI is InChI=1S/C6H8N2OS/c7-2-1-4-10-5-3-8-6-9/h1,3-5H2. The number of hydrogen-bond donors (Lipinski definition) is 0. The van der Waals surface area contributed by atoms with E-state index in [1.807, 2.05) is 6.07 Å². The van der Waals surface area contributed by atoms with Crippen molar-refractivity contribution in [3.8, 4) is 6.07 Å². The summed E-state index contributed by atoms with van der Waals surface area (Å²) in [7, 11) is 0. The first-order valence-electron chi connectivity index (χ1n) is 2.90. The molecule has 3 nitrogen and oxygen atoms in total. The van der Waals surface area contributed by atoms with Crippen molar-refractivity contribution < 1.29 is 4.79 Å². The number of nitriles is 1. The van der Waals surface area contributed by atoms with Gasteiger partial charge in [0.2, 0.25) is 6.08 Å². The molecule has 0 saturated carbocycles. The average Bonchev–Trinajstić information content (AvgIpc) is 1.97. The summed E-state index contributed by atoms with van der Waals surface area (Å²) in [5, 5.41) is 8.12. The molecule has 0 bridgehead atoms. The molecule has 0 rings (SSSR count). The van der Waals surface area contributed by atoms with Crippen LogP contribution in [0.4, 0.5) is 0 Å². The van der Waals surface area contributed by atoms with E-state index < -0.39 is 0 Å². The third-order valence-corrected chi connectivity index (χ3v) is 1.73. The van der Waals surface area contributed by atoms with Crippen LogP contribution < -0.4 is 0 Å². The molecule has 0 aromatic rings. The molecule has 0 atom stereocenters. The molecule has 54 valence electrons. The molecule has 0 amide bonds. The van der Waals surface area contributed by atoms with E-state index in [0.717, 1.165) is 11.5 Å². The van der Waals surface area contributed by atoms with E-state index in [-0.39, 0.29) is 0 Å². The molecule has 0 aromatic carbocycles. The van der Waals surface area contributed by atoms with Gasteiger partial charge in [0.15, 0.2) is 0 Å². The predicted molar refractivity (Wildman–Crippen MR) is 40.5 cm³/mol. The molecule has 0 spiro atoms. The molecule has 0 aromatic heterocycles. The van der Waals surface area contributed by atoms with Gasteiger partial charge in [0.1, 0.15) is 0 Å². The van der Waals surface area contributed by atoms with Gasteiger partial charge < -0.3 is 0 Å². The summed E-state index contributed by atoms with van der Waals surface area (Å²) in [6.45, 7) is 0.513.